The van der Waals surface area contributed by atoms with Crippen molar-refractivity contribution >= 4 is 5.97 Å². The van der Waals surface area contributed by atoms with E-state index in [9.17, 15) is 9.90 Å². The largest absolute Gasteiger partial charge is 0.508 e. The first-order chi connectivity index (χ1) is 7.00. The lowest BCUT2D eigenvalue weighted by molar-refractivity contribution is -0.143. The molecule has 1 aromatic carbocycles. The Hall–Kier alpha value is -1.51. The van der Waals surface area contributed by atoms with Crippen molar-refractivity contribution in [1.82, 2.24) is 0 Å². The summed E-state index contributed by atoms with van der Waals surface area (Å²) in [7, 11) is 0. The van der Waals surface area contributed by atoms with E-state index in [1.165, 1.54) is 12.1 Å². The number of rotatable bonds is 4. The molecule has 0 fully saturated rings. The fraction of sp³-hybridized carbons (Fsp3) is 0.417. The molecule has 1 unspecified atom stereocenters. The Morgan fingerprint density at radius 1 is 1.33 bits per heavy atom. The molecule has 0 aliphatic rings. The monoisotopic (exact) mass is 208 g/mol. The summed E-state index contributed by atoms with van der Waals surface area (Å²) in [4.78, 5) is 11.2. The number of aromatic hydroxyl groups is 1. The van der Waals surface area contributed by atoms with Crippen LogP contribution < -0.4 is 0 Å². The molecule has 2 N–H and O–H groups in total. The van der Waals surface area contributed by atoms with Crippen LogP contribution in [0.25, 0.3) is 0 Å². The fourth-order valence-corrected chi connectivity index (χ4v) is 1.70. The van der Waals surface area contributed by atoms with Gasteiger partial charge in [-0.05, 0) is 31.0 Å². The van der Waals surface area contributed by atoms with Crippen LogP contribution in [-0.4, -0.2) is 16.2 Å². The quantitative estimate of drug-likeness (QED) is 0.799. The molecule has 0 aliphatic heterocycles. The number of aliphatic carboxylic acids is 1. The Morgan fingerprint density at radius 2 is 1.87 bits per heavy atom. The molecular weight excluding hydrogens is 192 g/mol. The van der Waals surface area contributed by atoms with E-state index >= 15 is 0 Å². The van der Waals surface area contributed by atoms with Gasteiger partial charge in [0.05, 0.1) is 5.41 Å². The molecule has 0 amide bonds. The van der Waals surface area contributed by atoms with E-state index in [4.69, 9.17) is 5.11 Å². The lowest BCUT2D eigenvalue weighted by Gasteiger charge is -2.24. The van der Waals surface area contributed by atoms with Crippen molar-refractivity contribution in [3.05, 3.63) is 29.8 Å². The number of phenols is 1. The maximum atomic E-state index is 11.2. The maximum absolute atomic E-state index is 11.2. The first-order valence-electron chi connectivity index (χ1n) is 5.03. The van der Waals surface area contributed by atoms with Crippen molar-refractivity contribution in [1.29, 1.82) is 0 Å². The van der Waals surface area contributed by atoms with Crippen molar-refractivity contribution in [2.45, 2.75) is 32.1 Å². The van der Waals surface area contributed by atoms with E-state index < -0.39 is 11.4 Å². The predicted octanol–water partition coefficient (Wildman–Crippen LogP) is 2.53. The Bertz CT molecular complexity index is 342. The van der Waals surface area contributed by atoms with Gasteiger partial charge >= 0.3 is 5.97 Å². The molecule has 0 bridgehead atoms. The summed E-state index contributed by atoms with van der Waals surface area (Å²) in [6.07, 6.45) is 1.40. The van der Waals surface area contributed by atoms with Gasteiger partial charge in [-0.3, -0.25) is 4.79 Å². The zero-order valence-electron chi connectivity index (χ0n) is 9.03. The number of carbonyl (C=O) groups is 1. The number of phenolic OH excluding ortho intramolecular Hbond substituents is 1. The summed E-state index contributed by atoms with van der Waals surface area (Å²) in [6.45, 7) is 3.67. The summed E-state index contributed by atoms with van der Waals surface area (Å²) in [5.41, 5.74) is -0.128. The molecule has 3 nitrogen and oxygen atoms in total. The molecule has 1 aromatic rings. The smallest absolute Gasteiger partial charge is 0.313 e. The zero-order chi connectivity index (χ0) is 11.5. The predicted molar refractivity (Wildman–Crippen MR) is 58.0 cm³/mol. The molecule has 1 rings (SSSR count). The second-order valence-electron chi connectivity index (χ2n) is 3.93. The average molecular weight is 208 g/mol. The van der Waals surface area contributed by atoms with Crippen molar-refractivity contribution in [3.63, 3.8) is 0 Å². The molecule has 0 aliphatic carbocycles. The highest BCUT2D eigenvalue weighted by Gasteiger charge is 2.33. The van der Waals surface area contributed by atoms with Gasteiger partial charge in [0.2, 0.25) is 0 Å². The highest BCUT2D eigenvalue weighted by Crippen LogP contribution is 2.30. The number of hydrogen-bond donors (Lipinski definition) is 2. The molecule has 82 valence electrons. The van der Waals surface area contributed by atoms with E-state index in [1.807, 2.05) is 6.92 Å². The highest BCUT2D eigenvalue weighted by atomic mass is 16.4. The number of carboxylic acids is 1. The van der Waals surface area contributed by atoms with E-state index in [0.29, 0.717) is 6.42 Å². The van der Waals surface area contributed by atoms with E-state index in [1.54, 1.807) is 19.1 Å². The molecule has 0 saturated heterocycles. The van der Waals surface area contributed by atoms with E-state index in [0.717, 1.165) is 12.0 Å². The molecule has 0 aromatic heterocycles. The van der Waals surface area contributed by atoms with Crippen LogP contribution in [0.3, 0.4) is 0 Å². The third kappa shape index (κ3) is 2.29. The van der Waals surface area contributed by atoms with Gasteiger partial charge in [0.25, 0.3) is 0 Å². The molecule has 15 heavy (non-hydrogen) atoms. The molecule has 0 saturated carbocycles. The number of carboxylic acid groups (broad SMARTS) is 1. The van der Waals surface area contributed by atoms with Crippen LogP contribution in [0.1, 0.15) is 32.3 Å². The van der Waals surface area contributed by atoms with Crippen LogP contribution in [0, 0.1) is 0 Å². The Balaban J connectivity index is 3.09. The Morgan fingerprint density at radius 3 is 2.27 bits per heavy atom. The summed E-state index contributed by atoms with van der Waals surface area (Å²) >= 11 is 0. The van der Waals surface area contributed by atoms with Gasteiger partial charge in [0.15, 0.2) is 0 Å². The van der Waals surface area contributed by atoms with Crippen LogP contribution >= 0.6 is 0 Å². The molecular formula is C12H16O3. The molecule has 0 spiro atoms. The fourth-order valence-electron chi connectivity index (χ4n) is 1.70. The lowest BCUT2D eigenvalue weighted by Crippen LogP contribution is -2.32. The SMILES string of the molecule is CCCC(C)(C(=O)O)c1ccc(O)cc1. The van der Waals surface area contributed by atoms with E-state index in [-0.39, 0.29) is 5.75 Å². The number of benzene rings is 1. The topological polar surface area (TPSA) is 57.5 Å². The third-order valence-electron chi connectivity index (χ3n) is 2.73. The average Bonchev–Trinajstić information content (AvgIpc) is 2.18. The summed E-state index contributed by atoms with van der Waals surface area (Å²) in [6, 6.07) is 6.37. The summed E-state index contributed by atoms with van der Waals surface area (Å²) in [5, 5.41) is 18.4. The van der Waals surface area contributed by atoms with Crippen molar-refractivity contribution < 1.29 is 15.0 Å². The molecule has 3 heteroatoms. The molecule has 0 heterocycles. The zero-order valence-corrected chi connectivity index (χ0v) is 9.03. The third-order valence-corrected chi connectivity index (χ3v) is 2.73. The van der Waals surface area contributed by atoms with Crippen molar-refractivity contribution in [2.75, 3.05) is 0 Å². The Labute approximate surface area is 89.4 Å². The Kier molecular flexibility index (Phi) is 3.35. The molecule has 0 radical (unpaired) electrons. The van der Waals surface area contributed by atoms with Gasteiger partial charge < -0.3 is 10.2 Å². The minimum atomic E-state index is -0.859. The van der Waals surface area contributed by atoms with E-state index in [2.05, 4.69) is 0 Å². The van der Waals surface area contributed by atoms with Crippen LogP contribution in [0.4, 0.5) is 0 Å². The van der Waals surface area contributed by atoms with Crippen LogP contribution in [0.2, 0.25) is 0 Å². The highest BCUT2D eigenvalue weighted by molar-refractivity contribution is 5.80. The van der Waals surface area contributed by atoms with Crippen molar-refractivity contribution in [2.24, 2.45) is 0 Å². The second-order valence-corrected chi connectivity index (χ2v) is 3.93. The lowest BCUT2D eigenvalue weighted by atomic mass is 9.79. The first kappa shape index (κ1) is 11.6. The van der Waals surface area contributed by atoms with Gasteiger partial charge in [-0.25, -0.2) is 0 Å². The van der Waals surface area contributed by atoms with Crippen LogP contribution in [-0.2, 0) is 10.2 Å². The standard InChI is InChI=1S/C12H16O3/c1-3-8-12(2,11(14)15)9-4-6-10(13)7-5-9/h4-7,13H,3,8H2,1-2H3,(H,14,15). The minimum Gasteiger partial charge on any atom is -0.508 e. The van der Waals surface area contributed by atoms with Crippen LogP contribution in [0.5, 0.6) is 5.75 Å². The first-order valence-corrected chi connectivity index (χ1v) is 5.03. The summed E-state index contributed by atoms with van der Waals surface area (Å²) in [5.74, 6) is -0.668. The van der Waals surface area contributed by atoms with Gasteiger partial charge in [0.1, 0.15) is 5.75 Å². The summed E-state index contributed by atoms with van der Waals surface area (Å²) < 4.78 is 0. The van der Waals surface area contributed by atoms with Gasteiger partial charge in [-0.2, -0.15) is 0 Å². The normalized spacial score (nSPS) is 14.5. The molecule has 1 atom stereocenters. The number of hydrogen-bond acceptors (Lipinski definition) is 2. The van der Waals surface area contributed by atoms with Gasteiger partial charge in [-0.15, -0.1) is 0 Å². The van der Waals surface area contributed by atoms with Crippen molar-refractivity contribution in [3.8, 4) is 5.75 Å². The van der Waals surface area contributed by atoms with Crippen LogP contribution in [0.15, 0.2) is 24.3 Å². The second kappa shape index (κ2) is 4.34. The maximum Gasteiger partial charge on any atom is 0.313 e. The van der Waals surface area contributed by atoms with Gasteiger partial charge in [0, 0.05) is 0 Å². The van der Waals surface area contributed by atoms with Gasteiger partial charge in [-0.1, -0.05) is 25.5 Å². The minimum absolute atomic E-state index is 0.156.